The molecule has 0 unspecified atom stereocenters. The van der Waals surface area contributed by atoms with Crippen molar-refractivity contribution < 1.29 is 4.79 Å². The van der Waals surface area contributed by atoms with Gasteiger partial charge in [-0.05, 0) is 11.5 Å². The van der Waals surface area contributed by atoms with Gasteiger partial charge in [0.15, 0.2) is 5.69 Å². The molecule has 1 N–H and O–H groups in total. The third kappa shape index (κ3) is 2.00. The van der Waals surface area contributed by atoms with E-state index in [2.05, 4.69) is 29.3 Å². The van der Waals surface area contributed by atoms with E-state index in [9.17, 15) is 4.79 Å². The van der Waals surface area contributed by atoms with Crippen molar-refractivity contribution in [2.24, 2.45) is 0 Å². The molecule has 1 aromatic heterocycles. The van der Waals surface area contributed by atoms with Gasteiger partial charge in [-0.1, -0.05) is 38.1 Å². The predicted molar refractivity (Wildman–Crippen MR) is 60.3 cm³/mol. The molecule has 0 saturated carbocycles. The maximum Gasteiger partial charge on any atom is 0.214 e. The number of carbonyl (C=O) groups is 1. The van der Waals surface area contributed by atoms with Gasteiger partial charge in [-0.15, -0.1) is 0 Å². The van der Waals surface area contributed by atoms with Gasteiger partial charge in [-0.2, -0.15) is 15.4 Å². The highest BCUT2D eigenvalue weighted by Gasteiger charge is 2.11. The first-order valence-electron chi connectivity index (χ1n) is 5.19. The minimum Gasteiger partial charge on any atom is -0.287 e. The average Bonchev–Trinajstić information content (AvgIpc) is 2.81. The van der Waals surface area contributed by atoms with Crippen LogP contribution in [0.5, 0.6) is 0 Å². The number of nitrogens with one attached hydrogen (secondary N) is 1. The molecule has 0 bridgehead atoms. The molecule has 0 radical (unpaired) electrons. The number of hydrogen-bond acceptors (Lipinski definition) is 3. The Balaban J connectivity index is 2.25. The molecule has 0 fully saturated rings. The summed E-state index contributed by atoms with van der Waals surface area (Å²) in [5.41, 5.74) is 2.20. The lowest BCUT2D eigenvalue weighted by Crippen LogP contribution is -2.02. The summed E-state index contributed by atoms with van der Waals surface area (Å²) in [7, 11) is 0. The van der Waals surface area contributed by atoms with Crippen LogP contribution in [0.25, 0.3) is 0 Å². The smallest absolute Gasteiger partial charge is 0.214 e. The van der Waals surface area contributed by atoms with Gasteiger partial charge in [0.1, 0.15) is 0 Å². The van der Waals surface area contributed by atoms with Crippen molar-refractivity contribution in [2.75, 3.05) is 0 Å². The van der Waals surface area contributed by atoms with Crippen LogP contribution in [0.3, 0.4) is 0 Å². The van der Waals surface area contributed by atoms with Crippen molar-refractivity contribution in [1.29, 1.82) is 0 Å². The Hall–Kier alpha value is -1.97. The minimum atomic E-state index is -0.107. The van der Waals surface area contributed by atoms with Crippen LogP contribution in [0.15, 0.2) is 30.5 Å². The van der Waals surface area contributed by atoms with E-state index in [1.54, 1.807) is 0 Å². The number of H-pyrrole nitrogens is 1. The molecule has 0 atom stereocenters. The molecule has 4 nitrogen and oxygen atoms in total. The Morgan fingerprint density at radius 3 is 2.44 bits per heavy atom. The highest BCUT2D eigenvalue weighted by atomic mass is 16.1. The van der Waals surface area contributed by atoms with E-state index in [4.69, 9.17) is 0 Å². The van der Waals surface area contributed by atoms with Gasteiger partial charge in [0, 0.05) is 5.56 Å². The summed E-state index contributed by atoms with van der Waals surface area (Å²) in [6.07, 6.45) is 1.43. The molecule has 0 aliphatic rings. The van der Waals surface area contributed by atoms with Crippen LogP contribution in [-0.4, -0.2) is 21.2 Å². The second-order valence-corrected chi connectivity index (χ2v) is 3.96. The van der Waals surface area contributed by atoms with Crippen LogP contribution >= 0.6 is 0 Å². The van der Waals surface area contributed by atoms with Crippen LogP contribution in [0.2, 0.25) is 0 Å². The Bertz CT molecular complexity index is 471. The monoisotopic (exact) mass is 215 g/mol. The van der Waals surface area contributed by atoms with Gasteiger partial charge >= 0.3 is 0 Å². The number of ketones is 1. The number of carbonyl (C=O) groups excluding carboxylic acids is 1. The summed E-state index contributed by atoms with van der Waals surface area (Å²) in [6.45, 7) is 4.24. The van der Waals surface area contributed by atoms with E-state index in [0.717, 1.165) is 0 Å². The lowest BCUT2D eigenvalue weighted by Gasteiger charge is -2.05. The van der Waals surface area contributed by atoms with Crippen LogP contribution in [-0.2, 0) is 0 Å². The number of benzene rings is 1. The largest absolute Gasteiger partial charge is 0.287 e. The molecule has 82 valence electrons. The summed E-state index contributed by atoms with van der Waals surface area (Å²) < 4.78 is 0. The molecule has 1 aromatic carbocycles. The van der Waals surface area contributed by atoms with Crippen molar-refractivity contribution >= 4 is 5.78 Å². The maximum absolute atomic E-state index is 11.9. The van der Waals surface area contributed by atoms with Crippen LogP contribution < -0.4 is 0 Å². The predicted octanol–water partition coefficient (Wildman–Crippen LogP) is 2.16. The molecule has 16 heavy (non-hydrogen) atoms. The summed E-state index contributed by atoms with van der Waals surface area (Å²) in [5.74, 6) is 0.361. The normalized spacial score (nSPS) is 10.7. The van der Waals surface area contributed by atoms with Crippen molar-refractivity contribution in [3.63, 3.8) is 0 Å². The van der Waals surface area contributed by atoms with Gasteiger partial charge in [-0.3, -0.25) is 4.79 Å². The van der Waals surface area contributed by atoms with Crippen molar-refractivity contribution in [1.82, 2.24) is 15.4 Å². The lowest BCUT2D eigenvalue weighted by atomic mass is 10.00. The third-order valence-corrected chi connectivity index (χ3v) is 2.49. The van der Waals surface area contributed by atoms with E-state index < -0.39 is 0 Å². The number of nitrogens with zero attached hydrogens (tertiary/aromatic N) is 2. The molecule has 0 spiro atoms. The zero-order valence-corrected chi connectivity index (χ0v) is 9.27. The van der Waals surface area contributed by atoms with Crippen molar-refractivity contribution in [2.45, 2.75) is 19.8 Å². The number of rotatable bonds is 3. The molecular weight excluding hydrogens is 202 g/mol. The second kappa shape index (κ2) is 4.26. The lowest BCUT2D eigenvalue weighted by molar-refractivity contribution is 0.103. The Labute approximate surface area is 93.7 Å². The fraction of sp³-hybridized carbons (Fsp3) is 0.250. The summed E-state index contributed by atoms with van der Waals surface area (Å²) in [5, 5.41) is 9.81. The van der Waals surface area contributed by atoms with Crippen molar-refractivity contribution in [3.8, 4) is 0 Å². The van der Waals surface area contributed by atoms with Crippen LogP contribution in [0.4, 0.5) is 0 Å². The van der Waals surface area contributed by atoms with E-state index in [1.165, 1.54) is 11.8 Å². The van der Waals surface area contributed by atoms with E-state index in [-0.39, 0.29) is 5.78 Å². The molecule has 0 amide bonds. The zero-order valence-electron chi connectivity index (χ0n) is 9.27. The number of aromatic amines is 1. The Morgan fingerprint density at radius 2 is 1.94 bits per heavy atom. The molecular formula is C12H13N3O. The topological polar surface area (TPSA) is 58.6 Å². The highest BCUT2D eigenvalue weighted by Crippen LogP contribution is 2.15. The molecule has 4 heteroatoms. The number of hydrogen-bond donors (Lipinski definition) is 1. The standard InChI is InChI=1S/C12H13N3O/c1-8(2)9-3-5-10(6-4-9)12(16)11-7-13-15-14-11/h3-8H,1-2H3,(H,13,14,15). The van der Waals surface area contributed by atoms with Crippen molar-refractivity contribution in [3.05, 3.63) is 47.3 Å². The minimum absolute atomic E-state index is 0.107. The molecule has 2 rings (SSSR count). The summed E-state index contributed by atoms with van der Waals surface area (Å²) >= 11 is 0. The van der Waals surface area contributed by atoms with E-state index in [1.807, 2.05) is 24.3 Å². The number of aromatic nitrogens is 3. The summed E-state index contributed by atoms with van der Waals surface area (Å²) in [4.78, 5) is 11.9. The van der Waals surface area contributed by atoms with Gasteiger partial charge in [0.25, 0.3) is 0 Å². The third-order valence-electron chi connectivity index (χ3n) is 2.49. The van der Waals surface area contributed by atoms with E-state index >= 15 is 0 Å². The fourth-order valence-corrected chi connectivity index (χ4v) is 1.48. The average molecular weight is 215 g/mol. The zero-order chi connectivity index (χ0) is 11.5. The maximum atomic E-state index is 11.9. The molecule has 0 aliphatic carbocycles. The van der Waals surface area contributed by atoms with Crippen LogP contribution in [0.1, 0.15) is 41.4 Å². The van der Waals surface area contributed by atoms with E-state index in [0.29, 0.717) is 17.2 Å². The van der Waals surface area contributed by atoms with Gasteiger partial charge < -0.3 is 0 Å². The summed E-state index contributed by atoms with van der Waals surface area (Å²) in [6, 6.07) is 7.59. The van der Waals surface area contributed by atoms with Gasteiger partial charge in [-0.25, -0.2) is 0 Å². The van der Waals surface area contributed by atoms with Gasteiger partial charge in [0.05, 0.1) is 6.20 Å². The molecule has 0 saturated heterocycles. The first-order chi connectivity index (χ1) is 7.68. The van der Waals surface area contributed by atoms with Gasteiger partial charge in [0.2, 0.25) is 5.78 Å². The van der Waals surface area contributed by atoms with Crippen LogP contribution in [0, 0.1) is 0 Å². The Morgan fingerprint density at radius 1 is 1.25 bits per heavy atom. The second-order valence-electron chi connectivity index (χ2n) is 3.96. The molecule has 1 heterocycles. The molecule has 2 aromatic rings. The molecule has 0 aliphatic heterocycles. The first-order valence-corrected chi connectivity index (χ1v) is 5.19. The quantitative estimate of drug-likeness (QED) is 0.798. The first kappa shape index (κ1) is 10.5. The SMILES string of the molecule is CC(C)c1ccc(C(=O)c2cn[nH]n2)cc1. The fourth-order valence-electron chi connectivity index (χ4n) is 1.48. The Kier molecular flexibility index (Phi) is 2.81. The highest BCUT2D eigenvalue weighted by molar-refractivity contribution is 6.07.